The van der Waals surface area contributed by atoms with E-state index in [2.05, 4.69) is 5.32 Å². The van der Waals surface area contributed by atoms with Gasteiger partial charge in [-0.05, 0) is 13.3 Å². The minimum atomic E-state index is -1.53. The van der Waals surface area contributed by atoms with E-state index >= 15 is 0 Å². The lowest BCUT2D eigenvalue weighted by molar-refractivity contribution is -0.384. The van der Waals surface area contributed by atoms with Crippen LogP contribution in [0.25, 0.3) is 0 Å². The first kappa shape index (κ1) is 14.9. The third-order valence-electron chi connectivity index (χ3n) is 2.64. The van der Waals surface area contributed by atoms with Crippen LogP contribution in [0.3, 0.4) is 0 Å². The molecule has 1 atom stereocenters. The van der Waals surface area contributed by atoms with Crippen LogP contribution < -0.4 is 5.32 Å². The van der Waals surface area contributed by atoms with Crippen molar-refractivity contribution in [1.82, 2.24) is 0 Å². The van der Waals surface area contributed by atoms with Crippen LogP contribution in [0.15, 0.2) is 12.1 Å². The van der Waals surface area contributed by atoms with Crippen LogP contribution >= 0.6 is 0 Å². The number of halogens is 1. The molecule has 104 valence electrons. The van der Waals surface area contributed by atoms with Crippen molar-refractivity contribution in [3.05, 3.63) is 33.6 Å². The molecule has 1 rings (SSSR count). The summed E-state index contributed by atoms with van der Waals surface area (Å²) in [5.41, 5.74) is -1.16. The second kappa shape index (κ2) is 6.12. The molecule has 0 saturated heterocycles. The molecule has 0 aliphatic rings. The van der Waals surface area contributed by atoms with Gasteiger partial charge in [0.15, 0.2) is 0 Å². The smallest absolute Gasteiger partial charge is 0.338 e. The van der Waals surface area contributed by atoms with E-state index < -0.39 is 28.0 Å². The van der Waals surface area contributed by atoms with E-state index in [9.17, 15) is 19.3 Å². The Morgan fingerprint density at radius 1 is 1.58 bits per heavy atom. The Bertz CT molecular complexity index is 505. The third-order valence-corrected chi connectivity index (χ3v) is 2.64. The summed E-state index contributed by atoms with van der Waals surface area (Å²) in [6.07, 6.45) is 1.64. The Balaban J connectivity index is 3.19. The van der Waals surface area contributed by atoms with Crippen molar-refractivity contribution < 1.29 is 19.2 Å². The molecule has 0 bridgehead atoms. The molecule has 7 heteroatoms. The predicted octanol–water partition coefficient (Wildman–Crippen LogP) is 3.03. The number of carboxylic acids is 1. The van der Waals surface area contributed by atoms with Crippen LogP contribution in [0.2, 0.25) is 0 Å². The molecule has 0 heterocycles. The number of benzene rings is 1. The normalized spacial score (nSPS) is 11.9. The zero-order chi connectivity index (χ0) is 14.6. The van der Waals surface area contributed by atoms with Gasteiger partial charge < -0.3 is 10.4 Å². The average molecular weight is 270 g/mol. The van der Waals surface area contributed by atoms with Gasteiger partial charge in [-0.15, -0.1) is 0 Å². The van der Waals surface area contributed by atoms with Crippen LogP contribution in [-0.4, -0.2) is 22.0 Å². The van der Waals surface area contributed by atoms with Gasteiger partial charge in [0.05, 0.1) is 4.92 Å². The van der Waals surface area contributed by atoms with Gasteiger partial charge in [-0.3, -0.25) is 10.1 Å². The van der Waals surface area contributed by atoms with Crippen molar-refractivity contribution in [2.24, 2.45) is 0 Å². The third kappa shape index (κ3) is 3.64. The Morgan fingerprint density at radius 2 is 2.21 bits per heavy atom. The number of rotatable bonds is 6. The fraction of sp³-hybridized carbons (Fsp3) is 0.417. The highest BCUT2D eigenvalue weighted by Crippen LogP contribution is 2.28. The van der Waals surface area contributed by atoms with Crippen LogP contribution in [0, 0.1) is 15.9 Å². The van der Waals surface area contributed by atoms with E-state index in [0.717, 1.165) is 25.0 Å². The number of nitrogens with zero attached hydrogens (tertiary/aromatic N) is 1. The van der Waals surface area contributed by atoms with Gasteiger partial charge in [0.2, 0.25) is 0 Å². The van der Waals surface area contributed by atoms with Crippen molar-refractivity contribution in [2.75, 3.05) is 5.32 Å². The van der Waals surface area contributed by atoms with Crippen molar-refractivity contribution in [2.45, 2.75) is 32.7 Å². The number of carbonyl (C=O) groups is 1. The van der Waals surface area contributed by atoms with Crippen molar-refractivity contribution in [3.63, 3.8) is 0 Å². The monoisotopic (exact) mass is 270 g/mol. The molecule has 0 radical (unpaired) electrons. The van der Waals surface area contributed by atoms with E-state index in [1.165, 1.54) is 0 Å². The number of hydrogen-bond donors (Lipinski definition) is 2. The molecular formula is C12H15FN2O4. The molecule has 1 aromatic rings. The van der Waals surface area contributed by atoms with E-state index in [1.54, 1.807) is 0 Å². The maximum absolute atomic E-state index is 13.5. The van der Waals surface area contributed by atoms with Crippen molar-refractivity contribution in [1.29, 1.82) is 0 Å². The predicted molar refractivity (Wildman–Crippen MR) is 68.0 cm³/mol. The molecule has 0 fully saturated rings. The largest absolute Gasteiger partial charge is 0.478 e. The standard InChI is InChI=1S/C12H15FN2O4/c1-3-4-7(2)14-10-6-9(13)8(12(16)17)5-11(10)15(18)19/h5-7,14H,3-4H2,1-2H3,(H,16,17). The average Bonchev–Trinajstić information content (AvgIpc) is 2.28. The number of nitro benzene ring substituents is 1. The number of hydrogen-bond acceptors (Lipinski definition) is 4. The van der Waals surface area contributed by atoms with E-state index in [4.69, 9.17) is 5.11 Å². The first-order valence-electron chi connectivity index (χ1n) is 5.84. The molecule has 0 aromatic heterocycles. The number of anilines is 1. The molecule has 1 aromatic carbocycles. The summed E-state index contributed by atoms with van der Waals surface area (Å²) in [5.74, 6) is -2.53. The first-order valence-corrected chi connectivity index (χ1v) is 5.84. The highest BCUT2D eigenvalue weighted by molar-refractivity contribution is 5.90. The Labute approximate surface area is 109 Å². The van der Waals surface area contributed by atoms with Gasteiger partial charge in [-0.1, -0.05) is 13.3 Å². The summed E-state index contributed by atoms with van der Waals surface area (Å²) >= 11 is 0. The van der Waals surface area contributed by atoms with E-state index in [0.29, 0.717) is 0 Å². The highest BCUT2D eigenvalue weighted by atomic mass is 19.1. The Hall–Kier alpha value is -2.18. The van der Waals surface area contributed by atoms with Crippen LogP contribution in [0.4, 0.5) is 15.8 Å². The SMILES string of the molecule is CCCC(C)Nc1cc(F)c(C(=O)O)cc1[N+](=O)[O-]. The zero-order valence-electron chi connectivity index (χ0n) is 10.6. The Morgan fingerprint density at radius 3 is 2.68 bits per heavy atom. The molecule has 19 heavy (non-hydrogen) atoms. The summed E-state index contributed by atoms with van der Waals surface area (Å²) in [6.45, 7) is 3.77. The summed E-state index contributed by atoms with van der Waals surface area (Å²) in [5, 5.41) is 22.5. The Kier molecular flexibility index (Phi) is 4.80. The van der Waals surface area contributed by atoms with Gasteiger partial charge in [-0.2, -0.15) is 0 Å². The lowest BCUT2D eigenvalue weighted by Gasteiger charge is -2.14. The molecule has 0 spiro atoms. The molecule has 0 aliphatic carbocycles. The van der Waals surface area contributed by atoms with E-state index in [-0.39, 0.29) is 11.7 Å². The van der Waals surface area contributed by atoms with Crippen molar-refractivity contribution in [3.8, 4) is 0 Å². The van der Waals surface area contributed by atoms with Crippen LogP contribution in [0.1, 0.15) is 37.0 Å². The van der Waals surface area contributed by atoms with Gasteiger partial charge in [0.1, 0.15) is 17.1 Å². The summed E-state index contributed by atoms with van der Waals surface area (Å²) in [7, 11) is 0. The first-order chi connectivity index (χ1) is 8.86. The number of aromatic carboxylic acids is 1. The molecular weight excluding hydrogens is 255 g/mol. The number of carboxylic acid groups (broad SMARTS) is 1. The molecule has 1 unspecified atom stereocenters. The quantitative estimate of drug-likeness (QED) is 0.612. The summed E-state index contributed by atoms with van der Waals surface area (Å²) in [4.78, 5) is 20.9. The fourth-order valence-electron chi connectivity index (χ4n) is 1.76. The summed E-state index contributed by atoms with van der Waals surface area (Å²) < 4.78 is 13.5. The molecule has 0 saturated carbocycles. The lowest BCUT2D eigenvalue weighted by Crippen LogP contribution is -2.16. The molecule has 2 N–H and O–H groups in total. The lowest BCUT2D eigenvalue weighted by atomic mass is 10.1. The minimum Gasteiger partial charge on any atom is -0.478 e. The zero-order valence-corrected chi connectivity index (χ0v) is 10.6. The minimum absolute atomic E-state index is 0.00606. The molecule has 0 amide bonds. The van der Waals surface area contributed by atoms with Crippen molar-refractivity contribution >= 4 is 17.3 Å². The molecule has 0 aliphatic heterocycles. The van der Waals surface area contributed by atoms with Crippen LogP contribution in [-0.2, 0) is 0 Å². The second-order valence-electron chi connectivity index (χ2n) is 4.25. The molecule has 6 nitrogen and oxygen atoms in total. The van der Waals surface area contributed by atoms with Gasteiger partial charge >= 0.3 is 5.97 Å². The second-order valence-corrected chi connectivity index (χ2v) is 4.25. The number of nitro groups is 1. The van der Waals surface area contributed by atoms with Gasteiger partial charge in [0, 0.05) is 18.2 Å². The van der Waals surface area contributed by atoms with Gasteiger partial charge in [-0.25, -0.2) is 9.18 Å². The maximum Gasteiger partial charge on any atom is 0.338 e. The fourth-order valence-corrected chi connectivity index (χ4v) is 1.76. The van der Waals surface area contributed by atoms with Crippen LogP contribution in [0.5, 0.6) is 0 Å². The highest BCUT2D eigenvalue weighted by Gasteiger charge is 2.22. The number of nitrogens with one attached hydrogen (secondary N) is 1. The topological polar surface area (TPSA) is 92.5 Å². The maximum atomic E-state index is 13.5. The summed E-state index contributed by atoms with van der Waals surface area (Å²) in [6, 6.07) is 1.52. The van der Waals surface area contributed by atoms with E-state index in [1.807, 2.05) is 13.8 Å². The van der Waals surface area contributed by atoms with Gasteiger partial charge in [0.25, 0.3) is 5.69 Å².